The van der Waals surface area contributed by atoms with Gasteiger partial charge in [-0.05, 0) is 12.8 Å². The van der Waals surface area contributed by atoms with E-state index in [9.17, 15) is 9.36 Å². The Morgan fingerprint density at radius 2 is 2.20 bits per heavy atom. The number of phosphoric ester groups is 1. The first-order valence-electron chi connectivity index (χ1n) is 6.61. The van der Waals surface area contributed by atoms with E-state index in [2.05, 4.69) is 4.52 Å². The number of hydrogen-bond donors (Lipinski definition) is 3. The molecule has 4 N–H and O–H groups in total. The van der Waals surface area contributed by atoms with Gasteiger partial charge in [0.1, 0.15) is 12.5 Å². The fraction of sp³-hybridized carbons (Fsp3) is 0.818. The summed E-state index contributed by atoms with van der Waals surface area (Å²) in [7, 11) is -4.46. The van der Waals surface area contributed by atoms with Gasteiger partial charge in [0, 0.05) is 12.8 Å². The third-order valence-corrected chi connectivity index (χ3v) is 4.04. The number of phosphoric acid groups is 1. The summed E-state index contributed by atoms with van der Waals surface area (Å²) in [5, 5.41) is 0. The van der Waals surface area contributed by atoms with Crippen molar-refractivity contribution in [3.63, 3.8) is 0 Å². The van der Waals surface area contributed by atoms with Crippen LogP contribution in [0.15, 0.2) is 0 Å². The van der Waals surface area contributed by atoms with E-state index in [-0.39, 0.29) is 30.8 Å². The van der Waals surface area contributed by atoms with Crippen molar-refractivity contribution in [3.05, 3.63) is 0 Å². The number of amides is 1. The van der Waals surface area contributed by atoms with Crippen LogP contribution in [0.1, 0.15) is 25.7 Å². The van der Waals surface area contributed by atoms with Crippen LogP contribution in [0.4, 0.5) is 0 Å². The minimum Gasteiger partial charge on any atom is -0.369 e. The molecular weight excluding hydrogens is 287 g/mol. The van der Waals surface area contributed by atoms with Crippen molar-refractivity contribution in [2.75, 3.05) is 13.2 Å². The van der Waals surface area contributed by atoms with Crippen LogP contribution in [0, 0.1) is 5.92 Å². The summed E-state index contributed by atoms with van der Waals surface area (Å²) in [6, 6.07) is 0. The molecule has 0 aromatic rings. The number of primary amides is 1. The van der Waals surface area contributed by atoms with E-state index in [1.54, 1.807) is 0 Å². The quantitative estimate of drug-likeness (QED) is 0.468. The molecule has 1 amide bonds. The summed E-state index contributed by atoms with van der Waals surface area (Å²) in [6.07, 6.45) is 4.31. The molecule has 20 heavy (non-hydrogen) atoms. The van der Waals surface area contributed by atoms with Crippen molar-refractivity contribution < 1.29 is 33.0 Å². The Labute approximate surface area is 116 Å². The number of hydrogen-bond acceptors (Lipinski definition) is 4. The first kappa shape index (κ1) is 15.6. The number of carbonyl (C=O) groups excluding carboxylic acids is 1. The average Bonchev–Trinajstić information content (AvgIpc) is 2.84. The maximum absolute atomic E-state index is 11.2. The lowest BCUT2D eigenvalue weighted by Gasteiger charge is -2.18. The molecule has 8 nitrogen and oxygen atoms in total. The Hall–Kier alpha value is -0.790. The second-order valence-electron chi connectivity index (χ2n) is 5.11. The molecule has 2 aliphatic rings. The minimum absolute atomic E-state index is 0.131. The predicted octanol–water partition coefficient (Wildman–Crippen LogP) is -0.421. The van der Waals surface area contributed by atoms with E-state index < -0.39 is 7.82 Å². The minimum atomic E-state index is -4.46. The predicted molar refractivity (Wildman–Crippen MR) is 69.0 cm³/mol. The van der Waals surface area contributed by atoms with Crippen LogP contribution < -0.4 is 5.73 Å². The third-order valence-electron chi connectivity index (χ3n) is 3.55. The highest BCUT2D eigenvalue weighted by molar-refractivity contribution is 7.46. The number of nitrogens with two attached hydrogens (primary N) is 1. The maximum atomic E-state index is 11.2. The van der Waals surface area contributed by atoms with Gasteiger partial charge in [0.15, 0.2) is 6.21 Å². The SMILES string of the molecule is NC(=O)C1C=[N+](C2CC[C@@H](COP(=O)(O)O)O2)CCC1. The van der Waals surface area contributed by atoms with Gasteiger partial charge in [-0.2, -0.15) is 0 Å². The average molecular weight is 307 g/mol. The molecule has 114 valence electrons. The Morgan fingerprint density at radius 3 is 2.85 bits per heavy atom. The van der Waals surface area contributed by atoms with Gasteiger partial charge in [-0.25, -0.2) is 9.14 Å². The molecule has 1 fully saturated rings. The Kier molecular flexibility index (Phi) is 4.93. The van der Waals surface area contributed by atoms with Crippen LogP contribution >= 0.6 is 7.82 Å². The Balaban J connectivity index is 1.89. The summed E-state index contributed by atoms with van der Waals surface area (Å²) in [4.78, 5) is 28.5. The lowest BCUT2D eigenvalue weighted by Crippen LogP contribution is -2.38. The molecule has 0 bridgehead atoms. The van der Waals surface area contributed by atoms with Gasteiger partial charge in [0.25, 0.3) is 6.23 Å². The first-order valence-corrected chi connectivity index (χ1v) is 8.14. The third kappa shape index (κ3) is 4.36. The Bertz CT molecular complexity index is 448. The summed E-state index contributed by atoms with van der Waals surface area (Å²) >= 11 is 0. The zero-order chi connectivity index (χ0) is 14.8. The van der Waals surface area contributed by atoms with E-state index in [0.29, 0.717) is 6.42 Å². The zero-order valence-corrected chi connectivity index (χ0v) is 11.9. The fourth-order valence-corrected chi connectivity index (χ4v) is 2.92. The second kappa shape index (κ2) is 6.32. The lowest BCUT2D eigenvalue weighted by molar-refractivity contribution is -0.610. The van der Waals surface area contributed by atoms with Gasteiger partial charge in [-0.3, -0.25) is 9.32 Å². The molecule has 9 heteroatoms. The fourth-order valence-electron chi connectivity index (χ4n) is 2.56. The van der Waals surface area contributed by atoms with Crippen LogP contribution in [-0.2, 0) is 18.6 Å². The summed E-state index contributed by atoms with van der Waals surface area (Å²) in [5.74, 6) is -0.605. The molecule has 0 radical (unpaired) electrons. The second-order valence-corrected chi connectivity index (χ2v) is 6.35. The Morgan fingerprint density at radius 1 is 1.45 bits per heavy atom. The van der Waals surface area contributed by atoms with E-state index in [4.69, 9.17) is 20.3 Å². The van der Waals surface area contributed by atoms with Gasteiger partial charge in [0.05, 0.1) is 12.7 Å². The first-order chi connectivity index (χ1) is 9.35. The highest BCUT2D eigenvalue weighted by Crippen LogP contribution is 2.37. The smallest absolute Gasteiger partial charge is 0.369 e. The number of carbonyl (C=O) groups is 1. The normalized spacial score (nSPS) is 31.1. The molecule has 2 unspecified atom stereocenters. The van der Waals surface area contributed by atoms with Crippen LogP contribution in [0.2, 0.25) is 0 Å². The molecule has 0 aromatic carbocycles. The topological polar surface area (TPSA) is 122 Å². The van der Waals surface area contributed by atoms with E-state index >= 15 is 0 Å². The molecule has 2 heterocycles. The van der Waals surface area contributed by atoms with Crippen LogP contribution in [0.25, 0.3) is 0 Å². The molecule has 0 saturated carbocycles. The van der Waals surface area contributed by atoms with Gasteiger partial charge < -0.3 is 20.3 Å². The monoisotopic (exact) mass is 307 g/mol. The largest absolute Gasteiger partial charge is 0.469 e. The number of rotatable bonds is 5. The molecule has 2 aliphatic heterocycles. The maximum Gasteiger partial charge on any atom is 0.469 e. The van der Waals surface area contributed by atoms with Gasteiger partial charge in [0.2, 0.25) is 5.91 Å². The van der Waals surface area contributed by atoms with Crippen LogP contribution in [0.3, 0.4) is 0 Å². The van der Waals surface area contributed by atoms with Crippen LogP contribution in [0.5, 0.6) is 0 Å². The van der Waals surface area contributed by atoms with Crippen molar-refractivity contribution in [3.8, 4) is 0 Å². The molecule has 3 atom stereocenters. The molecule has 1 saturated heterocycles. The van der Waals surface area contributed by atoms with Crippen LogP contribution in [-0.4, -0.2) is 52.0 Å². The lowest BCUT2D eigenvalue weighted by atomic mass is 10.0. The molecule has 0 spiro atoms. The van der Waals surface area contributed by atoms with Gasteiger partial charge in [-0.15, -0.1) is 0 Å². The number of nitrogens with zero attached hydrogens (tertiary/aromatic N) is 1. The van der Waals surface area contributed by atoms with Crippen molar-refractivity contribution in [2.45, 2.75) is 38.0 Å². The van der Waals surface area contributed by atoms with Crippen molar-refractivity contribution in [2.24, 2.45) is 11.7 Å². The summed E-state index contributed by atoms with van der Waals surface area (Å²) < 4.78 is 22.7. The standard InChI is InChI=1S/C11H19N2O6P/c12-11(14)8-2-1-5-13(6-8)10-4-3-9(19-10)7-18-20(15,16)17/h6,8-10H,1-5,7H2,(H3-,12,14,15,16,17)/p+1/t8?,9-,10?/m0/s1. The molecular formula is C11H20N2O6P+. The van der Waals surface area contributed by atoms with Gasteiger partial charge >= 0.3 is 7.82 Å². The highest BCUT2D eigenvalue weighted by Gasteiger charge is 2.36. The highest BCUT2D eigenvalue weighted by atomic mass is 31.2. The van der Waals surface area contributed by atoms with Crippen molar-refractivity contribution >= 4 is 19.9 Å². The molecule has 2 rings (SSSR count). The van der Waals surface area contributed by atoms with Crippen molar-refractivity contribution in [1.29, 1.82) is 0 Å². The summed E-state index contributed by atoms with van der Waals surface area (Å²) in [5.41, 5.74) is 5.31. The molecule has 0 aliphatic carbocycles. The summed E-state index contributed by atoms with van der Waals surface area (Å²) in [6.45, 7) is 0.661. The van der Waals surface area contributed by atoms with E-state index in [0.717, 1.165) is 25.8 Å². The van der Waals surface area contributed by atoms with Crippen molar-refractivity contribution in [1.82, 2.24) is 0 Å². The molecule has 0 aromatic heterocycles. The van der Waals surface area contributed by atoms with E-state index in [1.165, 1.54) is 0 Å². The van der Waals surface area contributed by atoms with Gasteiger partial charge in [-0.1, -0.05) is 0 Å². The number of ether oxygens (including phenoxy) is 1. The van der Waals surface area contributed by atoms with E-state index in [1.807, 2.05) is 10.8 Å². The zero-order valence-electron chi connectivity index (χ0n) is 11.1.